The number of nitrogens with one attached hydrogen (secondary N) is 1. The lowest BCUT2D eigenvalue weighted by Gasteiger charge is -2.36. The number of carbonyl (C=O) groups is 1. The lowest BCUT2D eigenvalue weighted by atomic mass is 9.94. The highest BCUT2D eigenvalue weighted by atomic mass is 35.5. The number of halogens is 3. The third kappa shape index (κ3) is 4.77. The Morgan fingerprint density at radius 2 is 1.80 bits per heavy atom. The van der Waals surface area contributed by atoms with Crippen molar-refractivity contribution in [3.8, 4) is 0 Å². The van der Waals surface area contributed by atoms with Crippen LogP contribution >= 0.6 is 23.2 Å². The number of sulfonamides is 1. The molecule has 1 fully saturated rings. The van der Waals surface area contributed by atoms with Gasteiger partial charge in [0.1, 0.15) is 10.7 Å². The molecule has 7 nitrogen and oxygen atoms in total. The Bertz CT molecular complexity index is 1070. The van der Waals surface area contributed by atoms with Crippen molar-refractivity contribution in [1.29, 1.82) is 0 Å². The highest BCUT2D eigenvalue weighted by Gasteiger charge is 2.37. The molecule has 0 radical (unpaired) electrons. The zero-order valence-electron chi connectivity index (χ0n) is 15.6. The fourth-order valence-electron chi connectivity index (χ4n) is 3.06. The largest absolute Gasteiger partial charge is 0.393 e. The van der Waals surface area contributed by atoms with Crippen LogP contribution < -0.4 is 5.32 Å². The van der Waals surface area contributed by atoms with Crippen molar-refractivity contribution in [2.75, 3.05) is 25.0 Å². The average Bonchev–Trinajstić information content (AvgIpc) is 2.71. The normalized spacial score (nSPS) is 17.0. The SMILES string of the molecule is O=C(Nc1ccc(F)c(Cl)c1)c1ccc(Cl)c(S(=O)(=O)N2CCC(O)(CO)CC2)c1. The van der Waals surface area contributed by atoms with Gasteiger partial charge >= 0.3 is 0 Å². The van der Waals surface area contributed by atoms with Crippen molar-refractivity contribution in [3.63, 3.8) is 0 Å². The second-order valence-electron chi connectivity index (χ2n) is 7.01. The molecule has 11 heteroatoms. The van der Waals surface area contributed by atoms with Gasteiger partial charge in [0.25, 0.3) is 5.91 Å². The predicted molar refractivity (Wildman–Crippen MR) is 111 cm³/mol. The van der Waals surface area contributed by atoms with E-state index in [0.29, 0.717) is 0 Å². The van der Waals surface area contributed by atoms with Gasteiger partial charge in [0.05, 0.1) is 22.3 Å². The Morgan fingerprint density at radius 1 is 1.13 bits per heavy atom. The molecule has 3 N–H and O–H groups in total. The van der Waals surface area contributed by atoms with Crippen molar-refractivity contribution in [3.05, 3.63) is 57.8 Å². The molecule has 0 saturated carbocycles. The first-order valence-corrected chi connectivity index (χ1v) is 11.1. The van der Waals surface area contributed by atoms with E-state index in [-0.39, 0.29) is 52.1 Å². The molecule has 2 aromatic carbocycles. The van der Waals surface area contributed by atoms with Gasteiger partial charge in [-0.25, -0.2) is 12.8 Å². The molecule has 1 aliphatic rings. The number of hydrogen-bond acceptors (Lipinski definition) is 5. The molecule has 1 heterocycles. The van der Waals surface area contributed by atoms with Gasteiger partial charge in [0, 0.05) is 24.3 Å². The number of benzene rings is 2. The first-order chi connectivity index (χ1) is 14.1. The van der Waals surface area contributed by atoms with Crippen molar-refractivity contribution in [2.24, 2.45) is 0 Å². The number of aliphatic hydroxyl groups excluding tert-OH is 1. The molecule has 2 aromatic rings. The summed E-state index contributed by atoms with van der Waals surface area (Å²) in [6.07, 6.45) is 0.151. The van der Waals surface area contributed by atoms with E-state index in [2.05, 4.69) is 5.32 Å². The monoisotopic (exact) mass is 476 g/mol. The summed E-state index contributed by atoms with van der Waals surface area (Å²) in [4.78, 5) is 12.3. The molecule has 0 aliphatic carbocycles. The van der Waals surface area contributed by atoms with Gasteiger partial charge in [-0.2, -0.15) is 4.31 Å². The average molecular weight is 477 g/mol. The number of amides is 1. The highest BCUT2D eigenvalue weighted by molar-refractivity contribution is 7.89. The minimum atomic E-state index is -4.03. The van der Waals surface area contributed by atoms with Gasteiger partial charge in [0.2, 0.25) is 10.0 Å². The topological polar surface area (TPSA) is 107 Å². The van der Waals surface area contributed by atoms with E-state index in [0.717, 1.165) is 16.4 Å². The summed E-state index contributed by atoms with van der Waals surface area (Å²) in [5, 5.41) is 21.6. The van der Waals surface area contributed by atoms with E-state index in [9.17, 15) is 27.8 Å². The zero-order valence-corrected chi connectivity index (χ0v) is 17.9. The second-order valence-corrected chi connectivity index (χ2v) is 9.74. The van der Waals surface area contributed by atoms with Crippen LogP contribution in [0.3, 0.4) is 0 Å². The third-order valence-corrected chi connectivity index (χ3v) is 7.61. The molecule has 0 atom stereocenters. The molecule has 0 aromatic heterocycles. The minimum Gasteiger partial charge on any atom is -0.393 e. The van der Waals surface area contributed by atoms with Gasteiger partial charge in [-0.05, 0) is 49.2 Å². The van der Waals surface area contributed by atoms with Crippen molar-refractivity contribution in [2.45, 2.75) is 23.3 Å². The van der Waals surface area contributed by atoms with Crippen LogP contribution in [-0.4, -0.2) is 54.1 Å². The number of aliphatic hydroxyl groups is 2. The standard InChI is InChI=1S/C19H19Cl2FN2O5S/c20-14-3-1-12(18(26)23-13-2-4-16(22)15(21)10-13)9-17(14)30(28,29)24-7-5-19(27,11-25)6-8-24/h1-4,9-10,25,27H,5-8,11H2,(H,23,26). The number of carbonyl (C=O) groups excluding carboxylic acids is 1. The molecule has 1 aliphatic heterocycles. The third-order valence-electron chi connectivity index (χ3n) is 4.94. The lowest BCUT2D eigenvalue weighted by molar-refractivity contribution is -0.0480. The molecule has 162 valence electrons. The smallest absolute Gasteiger partial charge is 0.255 e. The summed E-state index contributed by atoms with van der Waals surface area (Å²) in [5.41, 5.74) is -1.04. The van der Waals surface area contributed by atoms with Crippen LogP contribution in [0.15, 0.2) is 41.3 Å². The number of hydrogen-bond donors (Lipinski definition) is 3. The van der Waals surface area contributed by atoms with E-state index in [4.69, 9.17) is 23.2 Å². The van der Waals surface area contributed by atoms with Crippen LogP contribution in [0.2, 0.25) is 10.0 Å². The summed E-state index contributed by atoms with van der Waals surface area (Å²) in [6.45, 7) is -0.453. The summed E-state index contributed by atoms with van der Waals surface area (Å²) in [5.74, 6) is -1.26. The molecule has 0 bridgehead atoms. The zero-order chi connectivity index (χ0) is 22.1. The van der Waals surface area contributed by atoms with Crippen molar-refractivity contribution >= 4 is 44.8 Å². The number of piperidine rings is 1. The van der Waals surface area contributed by atoms with Gasteiger partial charge < -0.3 is 15.5 Å². The summed E-state index contributed by atoms with van der Waals surface area (Å²) in [6, 6.07) is 7.48. The predicted octanol–water partition coefficient (Wildman–Crippen LogP) is 2.89. The molecule has 1 saturated heterocycles. The summed E-state index contributed by atoms with van der Waals surface area (Å²) >= 11 is 11.8. The van der Waals surface area contributed by atoms with Crippen molar-refractivity contribution in [1.82, 2.24) is 4.31 Å². The molecule has 3 rings (SSSR count). The van der Waals surface area contributed by atoms with Crippen LogP contribution in [0.4, 0.5) is 10.1 Å². The van der Waals surface area contributed by atoms with Gasteiger partial charge in [-0.1, -0.05) is 23.2 Å². The maximum atomic E-state index is 13.3. The fourth-order valence-corrected chi connectivity index (χ4v) is 5.18. The summed E-state index contributed by atoms with van der Waals surface area (Å²) in [7, 11) is -4.03. The fraction of sp³-hybridized carbons (Fsp3) is 0.316. The van der Waals surface area contributed by atoms with Gasteiger partial charge in [-0.15, -0.1) is 0 Å². The van der Waals surface area contributed by atoms with Gasteiger partial charge in [0.15, 0.2) is 0 Å². The maximum Gasteiger partial charge on any atom is 0.255 e. The molecular weight excluding hydrogens is 458 g/mol. The Morgan fingerprint density at radius 3 is 2.40 bits per heavy atom. The first-order valence-electron chi connectivity index (χ1n) is 8.95. The minimum absolute atomic E-state index is 0.000223. The molecule has 1 amide bonds. The number of nitrogens with zero attached hydrogens (tertiary/aromatic N) is 1. The van der Waals surface area contributed by atoms with Gasteiger partial charge in [-0.3, -0.25) is 4.79 Å². The summed E-state index contributed by atoms with van der Waals surface area (Å²) < 4.78 is 40.5. The van der Waals surface area contributed by atoms with Crippen LogP contribution in [0.5, 0.6) is 0 Å². The van der Waals surface area contributed by atoms with Crippen molar-refractivity contribution < 1.29 is 27.8 Å². The number of rotatable bonds is 5. The Hall–Kier alpha value is -1.75. The first kappa shape index (κ1) is 22.9. The van der Waals surface area contributed by atoms with Crippen LogP contribution in [-0.2, 0) is 10.0 Å². The molecule has 0 spiro atoms. The van der Waals surface area contributed by atoms with Crippen LogP contribution in [0.25, 0.3) is 0 Å². The Kier molecular flexibility index (Phi) is 6.71. The van der Waals surface area contributed by atoms with E-state index >= 15 is 0 Å². The van der Waals surface area contributed by atoms with E-state index in [1.807, 2.05) is 0 Å². The highest BCUT2D eigenvalue weighted by Crippen LogP contribution is 2.30. The molecule has 0 unspecified atom stereocenters. The maximum absolute atomic E-state index is 13.3. The second kappa shape index (κ2) is 8.78. The van der Waals surface area contributed by atoms with Crippen LogP contribution in [0, 0.1) is 5.82 Å². The quantitative estimate of drug-likeness (QED) is 0.614. The molecular formula is C19H19Cl2FN2O5S. The number of anilines is 1. The van der Waals surface area contributed by atoms with E-state index < -0.39 is 34.0 Å². The van der Waals surface area contributed by atoms with Crippen LogP contribution in [0.1, 0.15) is 23.2 Å². The van der Waals surface area contributed by atoms with E-state index in [1.165, 1.54) is 24.3 Å². The molecule has 30 heavy (non-hydrogen) atoms. The lowest BCUT2D eigenvalue weighted by Crippen LogP contribution is -2.48. The van der Waals surface area contributed by atoms with E-state index in [1.54, 1.807) is 0 Å². The Labute approximate surface area is 183 Å². The Balaban J connectivity index is 1.84.